The molecule has 17 heavy (non-hydrogen) atoms. The summed E-state index contributed by atoms with van der Waals surface area (Å²) in [5.41, 5.74) is 1.39. The zero-order valence-electron chi connectivity index (χ0n) is 9.24. The Kier molecular flexibility index (Phi) is 2.04. The van der Waals surface area contributed by atoms with E-state index in [9.17, 15) is 4.79 Å². The molecular weight excluding hydrogens is 216 g/mol. The third-order valence-electron chi connectivity index (χ3n) is 2.70. The fourth-order valence-corrected chi connectivity index (χ4v) is 1.87. The number of aryl methyl sites for hydroxylation is 1. The number of para-hydroxylation sites is 1. The average molecular weight is 226 g/mol. The first-order chi connectivity index (χ1) is 8.27. The number of hydrogen-bond acceptors (Lipinski definition) is 3. The van der Waals surface area contributed by atoms with Crippen LogP contribution in [0.3, 0.4) is 0 Å². The van der Waals surface area contributed by atoms with Gasteiger partial charge >= 0.3 is 0 Å². The van der Waals surface area contributed by atoms with E-state index in [2.05, 4.69) is 10.1 Å². The van der Waals surface area contributed by atoms with Crippen molar-refractivity contribution in [2.24, 2.45) is 7.05 Å². The van der Waals surface area contributed by atoms with Gasteiger partial charge in [0.1, 0.15) is 6.33 Å². The number of hydrogen-bond donors (Lipinski definition) is 0. The van der Waals surface area contributed by atoms with Crippen molar-refractivity contribution < 1.29 is 4.79 Å². The second-order valence-electron chi connectivity index (χ2n) is 3.76. The Morgan fingerprint density at radius 2 is 2.12 bits per heavy atom. The Hall–Kier alpha value is -2.43. The maximum absolute atomic E-state index is 12.2. The first-order valence-electron chi connectivity index (χ1n) is 5.22. The molecule has 3 rings (SSSR count). The predicted octanol–water partition coefficient (Wildman–Crippen LogP) is 1.46. The number of aromatic nitrogens is 4. The molecule has 0 saturated carbocycles. The van der Waals surface area contributed by atoms with Crippen LogP contribution in [-0.4, -0.2) is 25.2 Å². The van der Waals surface area contributed by atoms with Gasteiger partial charge in [0, 0.05) is 24.8 Å². The minimum atomic E-state index is -0.167. The fraction of sp³-hybridized carbons (Fsp3) is 0.0833. The summed E-state index contributed by atoms with van der Waals surface area (Å²) >= 11 is 0. The van der Waals surface area contributed by atoms with Crippen LogP contribution in [0.15, 0.2) is 43.0 Å². The summed E-state index contributed by atoms with van der Waals surface area (Å²) < 4.78 is 3.13. The summed E-state index contributed by atoms with van der Waals surface area (Å²) in [4.78, 5) is 16.0. The molecule has 0 N–H and O–H groups in total. The first kappa shape index (κ1) is 9.77. The van der Waals surface area contributed by atoms with E-state index in [1.165, 1.54) is 10.9 Å². The Morgan fingerprint density at radius 3 is 2.88 bits per heavy atom. The smallest absolute Gasteiger partial charge is 0.271 e. The highest BCUT2D eigenvalue weighted by Crippen LogP contribution is 2.18. The van der Waals surface area contributed by atoms with Crippen LogP contribution in [0.2, 0.25) is 0 Å². The summed E-state index contributed by atoms with van der Waals surface area (Å²) in [6.45, 7) is 0. The van der Waals surface area contributed by atoms with Crippen LogP contribution < -0.4 is 0 Å². The lowest BCUT2D eigenvalue weighted by Gasteiger charge is -1.96. The summed E-state index contributed by atoms with van der Waals surface area (Å²) in [5, 5.41) is 5.12. The van der Waals surface area contributed by atoms with Gasteiger partial charge in [-0.1, -0.05) is 18.2 Å². The molecule has 0 aliphatic carbocycles. The summed E-state index contributed by atoms with van der Waals surface area (Å²) in [7, 11) is 1.83. The number of fused-ring (bicyclic) bond motifs is 1. The van der Waals surface area contributed by atoms with E-state index >= 15 is 0 Å². The van der Waals surface area contributed by atoms with Crippen LogP contribution in [0.25, 0.3) is 10.9 Å². The lowest BCUT2D eigenvalue weighted by Crippen LogP contribution is -2.11. The second kappa shape index (κ2) is 3.55. The molecule has 0 fully saturated rings. The Labute approximate surface area is 97.3 Å². The molecule has 84 valence electrons. The molecule has 1 aromatic carbocycles. The van der Waals surface area contributed by atoms with Gasteiger partial charge in [0.25, 0.3) is 5.91 Å². The van der Waals surface area contributed by atoms with E-state index in [1.54, 1.807) is 17.1 Å². The third kappa shape index (κ3) is 1.44. The highest BCUT2D eigenvalue weighted by molar-refractivity contribution is 6.05. The SMILES string of the molecule is Cn1nc(C(=O)n2ccnc2)c2ccccc21. The molecule has 0 amide bonds. The van der Waals surface area contributed by atoms with E-state index in [0.717, 1.165) is 10.9 Å². The Morgan fingerprint density at radius 1 is 1.29 bits per heavy atom. The van der Waals surface area contributed by atoms with Gasteiger partial charge in [0.05, 0.1) is 5.52 Å². The van der Waals surface area contributed by atoms with Crippen molar-refractivity contribution in [1.82, 2.24) is 19.3 Å². The maximum Gasteiger partial charge on any atom is 0.284 e. The van der Waals surface area contributed by atoms with Crippen LogP contribution >= 0.6 is 0 Å². The van der Waals surface area contributed by atoms with E-state index < -0.39 is 0 Å². The average Bonchev–Trinajstić information content (AvgIpc) is 2.97. The number of benzene rings is 1. The Bertz CT molecular complexity index is 682. The second-order valence-corrected chi connectivity index (χ2v) is 3.76. The molecule has 2 aromatic heterocycles. The van der Waals surface area contributed by atoms with Crippen molar-refractivity contribution in [3.63, 3.8) is 0 Å². The van der Waals surface area contributed by atoms with Crippen molar-refractivity contribution in [3.05, 3.63) is 48.7 Å². The van der Waals surface area contributed by atoms with Gasteiger partial charge in [0.15, 0.2) is 5.69 Å². The number of carbonyl (C=O) groups is 1. The molecule has 5 nitrogen and oxygen atoms in total. The van der Waals surface area contributed by atoms with Crippen molar-refractivity contribution in [2.75, 3.05) is 0 Å². The van der Waals surface area contributed by atoms with Gasteiger partial charge in [-0.2, -0.15) is 5.10 Å². The van der Waals surface area contributed by atoms with Crippen LogP contribution in [0.1, 0.15) is 10.5 Å². The molecule has 5 heteroatoms. The monoisotopic (exact) mass is 226 g/mol. The molecule has 0 saturated heterocycles. The van der Waals surface area contributed by atoms with Crippen molar-refractivity contribution in [2.45, 2.75) is 0 Å². The highest BCUT2D eigenvalue weighted by atomic mass is 16.2. The molecule has 0 atom stereocenters. The Balaban J connectivity index is 2.22. The lowest BCUT2D eigenvalue weighted by atomic mass is 10.2. The number of rotatable bonds is 1. The number of imidazole rings is 1. The molecule has 0 aliphatic heterocycles. The fourth-order valence-electron chi connectivity index (χ4n) is 1.87. The van der Waals surface area contributed by atoms with Gasteiger partial charge in [0.2, 0.25) is 0 Å². The quantitative estimate of drug-likeness (QED) is 0.631. The van der Waals surface area contributed by atoms with Crippen LogP contribution in [0.5, 0.6) is 0 Å². The van der Waals surface area contributed by atoms with Crippen LogP contribution in [-0.2, 0) is 7.05 Å². The van der Waals surface area contributed by atoms with Crippen molar-refractivity contribution >= 4 is 16.8 Å². The topological polar surface area (TPSA) is 52.7 Å². The normalized spacial score (nSPS) is 10.9. The number of carbonyl (C=O) groups excluding carboxylic acids is 1. The molecule has 3 aromatic rings. The number of nitrogens with zero attached hydrogens (tertiary/aromatic N) is 4. The standard InChI is InChI=1S/C12H10N4O/c1-15-10-5-3-2-4-9(10)11(14-15)12(17)16-7-6-13-8-16/h2-8H,1H3. The van der Waals surface area contributed by atoms with E-state index in [4.69, 9.17) is 0 Å². The first-order valence-corrected chi connectivity index (χ1v) is 5.22. The van der Waals surface area contributed by atoms with E-state index in [-0.39, 0.29) is 5.91 Å². The maximum atomic E-state index is 12.2. The van der Waals surface area contributed by atoms with Gasteiger partial charge in [-0.15, -0.1) is 0 Å². The third-order valence-corrected chi connectivity index (χ3v) is 2.70. The van der Waals surface area contributed by atoms with E-state index in [1.807, 2.05) is 31.3 Å². The highest BCUT2D eigenvalue weighted by Gasteiger charge is 2.16. The molecule has 2 heterocycles. The molecular formula is C12H10N4O. The summed E-state index contributed by atoms with van der Waals surface area (Å²) in [5.74, 6) is -0.167. The molecule has 0 spiro atoms. The van der Waals surface area contributed by atoms with Gasteiger partial charge in [-0.25, -0.2) is 4.98 Å². The largest absolute Gasteiger partial charge is 0.284 e. The molecule has 0 unspecified atom stereocenters. The van der Waals surface area contributed by atoms with Crippen molar-refractivity contribution in [3.8, 4) is 0 Å². The molecule has 0 radical (unpaired) electrons. The van der Waals surface area contributed by atoms with Crippen molar-refractivity contribution in [1.29, 1.82) is 0 Å². The zero-order valence-corrected chi connectivity index (χ0v) is 9.24. The van der Waals surface area contributed by atoms with Gasteiger partial charge in [-0.3, -0.25) is 14.0 Å². The summed E-state index contributed by atoms with van der Waals surface area (Å²) in [6, 6.07) is 7.66. The van der Waals surface area contributed by atoms with Crippen LogP contribution in [0.4, 0.5) is 0 Å². The minimum Gasteiger partial charge on any atom is -0.271 e. The van der Waals surface area contributed by atoms with Gasteiger partial charge < -0.3 is 0 Å². The molecule has 0 aliphatic rings. The zero-order chi connectivity index (χ0) is 11.8. The predicted molar refractivity (Wildman–Crippen MR) is 62.7 cm³/mol. The summed E-state index contributed by atoms with van der Waals surface area (Å²) in [6.07, 6.45) is 4.67. The van der Waals surface area contributed by atoms with E-state index in [0.29, 0.717) is 5.69 Å². The molecule has 0 bridgehead atoms. The lowest BCUT2D eigenvalue weighted by molar-refractivity contribution is 0.0955. The minimum absolute atomic E-state index is 0.167. The van der Waals surface area contributed by atoms with Crippen LogP contribution in [0, 0.1) is 0 Å². The van der Waals surface area contributed by atoms with Gasteiger partial charge in [-0.05, 0) is 6.07 Å².